The molecular formula is C19H25NS. The van der Waals surface area contributed by atoms with Crippen molar-refractivity contribution in [3.8, 4) is 0 Å². The first kappa shape index (κ1) is 16.1. The largest absolute Gasteiger partial charge is 0.312 e. The summed E-state index contributed by atoms with van der Waals surface area (Å²) in [6, 6.07) is 17.7. The van der Waals surface area contributed by atoms with Crippen LogP contribution in [0.5, 0.6) is 0 Å². The second-order valence-electron chi connectivity index (χ2n) is 5.95. The summed E-state index contributed by atoms with van der Waals surface area (Å²) >= 11 is 1.90. The Balaban J connectivity index is 1.82. The molecular weight excluding hydrogens is 274 g/mol. The minimum absolute atomic E-state index is 0.703. The van der Waals surface area contributed by atoms with E-state index >= 15 is 0 Å². The first-order valence-electron chi connectivity index (χ1n) is 7.61. The van der Waals surface area contributed by atoms with Gasteiger partial charge in [0.1, 0.15) is 0 Å². The first-order chi connectivity index (χ1) is 10.1. The highest BCUT2D eigenvalue weighted by Crippen LogP contribution is 2.23. The van der Waals surface area contributed by atoms with Gasteiger partial charge in [-0.1, -0.05) is 55.8 Å². The molecule has 0 atom stereocenters. The Morgan fingerprint density at radius 1 is 1.00 bits per heavy atom. The van der Waals surface area contributed by atoms with Crippen molar-refractivity contribution in [2.75, 3.05) is 6.54 Å². The van der Waals surface area contributed by atoms with Crippen LogP contribution in [0.15, 0.2) is 53.4 Å². The van der Waals surface area contributed by atoms with E-state index in [9.17, 15) is 0 Å². The zero-order valence-corrected chi connectivity index (χ0v) is 14.0. The molecule has 21 heavy (non-hydrogen) atoms. The molecule has 0 aliphatic rings. The van der Waals surface area contributed by atoms with E-state index in [4.69, 9.17) is 0 Å². The SMILES string of the molecule is Cc1cccc(CSc2ccc(CNCC(C)C)cc2)c1. The third kappa shape index (κ3) is 5.94. The van der Waals surface area contributed by atoms with Crippen LogP contribution in [0, 0.1) is 12.8 Å². The van der Waals surface area contributed by atoms with Crippen molar-refractivity contribution in [2.24, 2.45) is 5.92 Å². The van der Waals surface area contributed by atoms with Crippen LogP contribution in [-0.4, -0.2) is 6.54 Å². The maximum Gasteiger partial charge on any atom is 0.0232 e. The minimum Gasteiger partial charge on any atom is -0.312 e. The van der Waals surface area contributed by atoms with Crippen molar-refractivity contribution in [1.82, 2.24) is 5.32 Å². The smallest absolute Gasteiger partial charge is 0.0232 e. The minimum atomic E-state index is 0.703. The van der Waals surface area contributed by atoms with Crippen molar-refractivity contribution < 1.29 is 0 Å². The Morgan fingerprint density at radius 2 is 1.76 bits per heavy atom. The topological polar surface area (TPSA) is 12.0 Å². The van der Waals surface area contributed by atoms with Gasteiger partial charge in [0.25, 0.3) is 0 Å². The van der Waals surface area contributed by atoms with Crippen LogP contribution >= 0.6 is 11.8 Å². The molecule has 0 aliphatic heterocycles. The van der Waals surface area contributed by atoms with Crippen LogP contribution < -0.4 is 5.32 Å². The summed E-state index contributed by atoms with van der Waals surface area (Å²) in [4.78, 5) is 1.34. The van der Waals surface area contributed by atoms with E-state index in [1.807, 2.05) is 11.8 Å². The average Bonchev–Trinajstić information content (AvgIpc) is 2.46. The maximum absolute atomic E-state index is 3.48. The second kappa shape index (κ2) is 8.26. The number of nitrogens with one attached hydrogen (secondary N) is 1. The van der Waals surface area contributed by atoms with Crippen molar-refractivity contribution in [3.05, 3.63) is 65.2 Å². The number of benzene rings is 2. The third-order valence-electron chi connectivity index (χ3n) is 3.29. The molecule has 0 spiro atoms. The summed E-state index contributed by atoms with van der Waals surface area (Å²) in [5.74, 6) is 1.74. The van der Waals surface area contributed by atoms with E-state index in [0.717, 1.165) is 18.8 Å². The predicted molar refractivity (Wildman–Crippen MR) is 93.7 cm³/mol. The van der Waals surface area contributed by atoms with E-state index in [1.54, 1.807) is 0 Å². The van der Waals surface area contributed by atoms with Crippen molar-refractivity contribution >= 4 is 11.8 Å². The normalized spacial score (nSPS) is 11.0. The Bertz CT molecular complexity index is 546. The lowest BCUT2D eigenvalue weighted by Crippen LogP contribution is -2.18. The van der Waals surface area contributed by atoms with Crippen LogP contribution in [0.25, 0.3) is 0 Å². The van der Waals surface area contributed by atoms with Gasteiger partial charge in [0.05, 0.1) is 0 Å². The maximum atomic E-state index is 3.48. The molecule has 0 saturated carbocycles. The Morgan fingerprint density at radius 3 is 2.43 bits per heavy atom. The van der Waals surface area contributed by atoms with Crippen molar-refractivity contribution in [1.29, 1.82) is 0 Å². The number of aryl methyl sites for hydroxylation is 1. The van der Waals surface area contributed by atoms with Gasteiger partial charge in [0.15, 0.2) is 0 Å². The Labute approximate surface area is 133 Å². The monoisotopic (exact) mass is 299 g/mol. The highest BCUT2D eigenvalue weighted by molar-refractivity contribution is 7.98. The van der Waals surface area contributed by atoms with Gasteiger partial charge < -0.3 is 5.32 Å². The molecule has 2 heteroatoms. The molecule has 2 aromatic rings. The summed E-state index contributed by atoms with van der Waals surface area (Å²) in [6.07, 6.45) is 0. The lowest BCUT2D eigenvalue weighted by atomic mass is 10.2. The van der Waals surface area contributed by atoms with Crippen molar-refractivity contribution in [3.63, 3.8) is 0 Å². The van der Waals surface area contributed by atoms with Crippen molar-refractivity contribution in [2.45, 2.75) is 38.0 Å². The number of hydrogen-bond donors (Lipinski definition) is 1. The van der Waals surface area contributed by atoms with Gasteiger partial charge in [-0.3, -0.25) is 0 Å². The van der Waals surface area contributed by atoms with Gasteiger partial charge in [0.2, 0.25) is 0 Å². The summed E-state index contributed by atoms with van der Waals surface area (Å²) in [5, 5.41) is 3.48. The van der Waals surface area contributed by atoms with E-state index in [2.05, 4.69) is 74.6 Å². The molecule has 1 N–H and O–H groups in total. The van der Waals surface area contributed by atoms with Crippen LogP contribution in [0.2, 0.25) is 0 Å². The van der Waals surface area contributed by atoms with E-state index in [-0.39, 0.29) is 0 Å². The van der Waals surface area contributed by atoms with Crippen LogP contribution in [0.1, 0.15) is 30.5 Å². The fourth-order valence-corrected chi connectivity index (χ4v) is 3.02. The fourth-order valence-electron chi connectivity index (χ4n) is 2.18. The van der Waals surface area contributed by atoms with Gasteiger partial charge >= 0.3 is 0 Å². The van der Waals surface area contributed by atoms with Crippen LogP contribution in [0.4, 0.5) is 0 Å². The van der Waals surface area contributed by atoms with Gasteiger partial charge in [-0.15, -0.1) is 11.8 Å². The molecule has 0 aliphatic carbocycles. The molecule has 0 amide bonds. The molecule has 0 bridgehead atoms. The summed E-state index contributed by atoms with van der Waals surface area (Å²) in [7, 11) is 0. The van der Waals surface area contributed by atoms with Crippen LogP contribution in [0.3, 0.4) is 0 Å². The standard InChI is InChI=1S/C19H25NS/c1-15(2)12-20-13-17-7-9-19(10-8-17)21-14-18-6-4-5-16(3)11-18/h4-11,15,20H,12-14H2,1-3H3. The number of rotatable bonds is 7. The van der Waals surface area contributed by atoms with Gasteiger partial charge in [0, 0.05) is 17.2 Å². The molecule has 0 radical (unpaired) electrons. The number of hydrogen-bond acceptors (Lipinski definition) is 2. The molecule has 0 saturated heterocycles. The van der Waals surface area contributed by atoms with Gasteiger partial charge in [-0.2, -0.15) is 0 Å². The molecule has 112 valence electrons. The first-order valence-corrected chi connectivity index (χ1v) is 8.60. The molecule has 1 nitrogen and oxygen atoms in total. The third-order valence-corrected chi connectivity index (χ3v) is 4.38. The Hall–Kier alpha value is -1.25. The predicted octanol–water partition coefficient (Wildman–Crippen LogP) is 5.03. The van der Waals surface area contributed by atoms with E-state index in [0.29, 0.717) is 5.92 Å². The molecule has 0 fully saturated rings. The molecule has 0 unspecified atom stereocenters. The van der Waals surface area contributed by atoms with Crippen LogP contribution in [-0.2, 0) is 12.3 Å². The molecule has 0 aromatic heterocycles. The van der Waals surface area contributed by atoms with Gasteiger partial charge in [-0.25, -0.2) is 0 Å². The lowest BCUT2D eigenvalue weighted by Gasteiger charge is -2.08. The average molecular weight is 299 g/mol. The molecule has 2 rings (SSSR count). The zero-order valence-electron chi connectivity index (χ0n) is 13.2. The van der Waals surface area contributed by atoms with Gasteiger partial charge in [-0.05, 0) is 42.6 Å². The summed E-state index contributed by atoms with van der Waals surface area (Å²) in [6.45, 7) is 8.65. The highest BCUT2D eigenvalue weighted by atomic mass is 32.2. The number of thioether (sulfide) groups is 1. The quantitative estimate of drug-likeness (QED) is 0.719. The lowest BCUT2D eigenvalue weighted by molar-refractivity contribution is 0.552. The Kier molecular flexibility index (Phi) is 6.34. The summed E-state index contributed by atoms with van der Waals surface area (Å²) < 4.78 is 0. The highest BCUT2D eigenvalue weighted by Gasteiger charge is 1.99. The summed E-state index contributed by atoms with van der Waals surface area (Å²) in [5.41, 5.74) is 4.08. The fraction of sp³-hybridized carbons (Fsp3) is 0.368. The van der Waals surface area contributed by atoms with E-state index < -0.39 is 0 Å². The molecule has 2 aromatic carbocycles. The zero-order chi connectivity index (χ0) is 15.1. The molecule has 0 heterocycles. The van der Waals surface area contributed by atoms with E-state index in [1.165, 1.54) is 21.6 Å². The second-order valence-corrected chi connectivity index (χ2v) is 7.00.